The van der Waals surface area contributed by atoms with Crippen LogP contribution in [0.15, 0.2) is 36.4 Å². The first-order valence-electron chi connectivity index (χ1n) is 9.25. The van der Waals surface area contributed by atoms with Crippen LogP contribution < -0.4 is 14.8 Å². The maximum atomic E-state index is 13.0. The Hall–Kier alpha value is -1.53. The molecule has 0 saturated carbocycles. The minimum atomic E-state index is -0.273. The highest BCUT2D eigenvalue weighted by Gasteiger charge is 2.13. The van der Waals surface area contributed by atoms with Crippen molar-refractivity contribution in [3.63, 3.8) is 0 Å². The molecule has 0 heterocycles. The summed E-state index contributed by atoms with van der Waals surface area (Å²) in [5, 5.41) is 3.86. The van der Waals surface area contributed by atoms with E-state index in [1.165, 1.54) is 12.1 Å². The Morgan fingerprint density at radius 3 is 2.43 bits per heavy atom. The van der Waals surface area contributed by atoms with Crippen LogP contribution in [0.3, 0.4) is 0 Å². The number of hydrogen-bond donors (Lipinski definition) is 1. The maximum Gasteiger partial charge on any atom is 0.180 e. The lowest BCUT2D eigenvalue weighted by Gasteiger charge is -2.16. The van der Waals surface area contributed by atoms with Crippen LogP contribution in [0.5, 0.6) is 11.5 Å². The minimum absolute atomic E-state index is 0. The molecular formula is C21H28Cl2FNO3. The van der Waals surface area contributed by atoms with Gasteiger partial charge in [-0.15, -0.1) is 12.4 Å². The van der Waals surface area contributed by atoms with Gasteiger partial charge in [0.25, 0.3) is 0 Å². The fourth-order valence-corrected chi connectivity index (χ4v) is 2.83. The average molecular weight is 432 g/mol. The van der Waals surface area contributed by atoms with E-state index in [0.29, 0.717) is 29.7 Å². The van der Waals surface area contributed by atoms with Gasteiger partial charge in [0.1, 0.15) is 12.4 Å². The summed E-state index contributed by atoms with van der Waals surface area (Å²) in [6.45, 7) is 7.75. The van der Waals surface area contributed by atoms with E-state index < -0.39 is 0 Å². The zero-order chi connectivity index (χ0) is 19.5. The van der Waals surface area contributed by atoms with Crippen molar-refractivity contribution in [2.24, 2.45) is 0 Å². The molecule has 1 N–H and O–H groups in total. The predicted molar refractivity (Wildman–Crippen MR) is 113 cm³/mol. The average Bonchev–Trinajstić information content (AvgIpc) is 2.65. The second-order valence-electron chi connectivity index (χ2n) is 5.98. The van der Waals surface area contributed by atoms with Gasteiger partial charge in [-0.1, -0.05) is 23.7 Å². The van der Waals surface area contributed by atoms with E-state index >= 15 is 0 Å². The van der Waals surface area contributed by atoms with E-state index in [1.807, 2.05) is 26.0 Å². The molecule has 2 aromatic rings. The molecule has 7 heteroatoms. The molecule has 0 radical (unpaired) electrons. The van der Waals surface area contributed by atoms with Crippen LogP contribution in [0, 0.1) is 5.82 Å². The zero-order valence-corrected chi connectivity index (χ0v) is 17.9. The number of hydrogen-bond acceptors (Lipinski definition) is 4. The normalized spacial score (nSPS) is 10.4. The van der Waals surface area contributed by atoms with Crippen molar-refractivity contribution in [1.29, 1.82) is 0 Å². The molecule has 0 fully saturated rings. The maximum absolute atomic E-state index is 13.0. The van der Waals surface area contributed by atoms with Crippen LogP contribution in [-0.2, 0) is 17.9 Å². The van der Waals surface area contributed by atoms with Crippen LogP contribution in [-0.4, -0.2) is 26.4 Å². The molecule has 0 aliphatic heterocycles. The molecule has 156 valence electrons. The third-order valence-corrected chi connectivity index (χ3v) is 4.12. The molecule has 0 aliphatic rings. The van der Waals surface area contributed by atoms with Gasteiger partial charge in [-0.3, -0.25) is 0 Å². The fraction of sp³-hybridized carbons (Fsp3) is 0.429. The van der Waals surface area contributed by atoms with E-state index in [4.69, 9.17) is 25.8 Å². The van der Waals surface area contributed by atoms with Crippen molar-refractivity contribution < 1.29 is 18.6 Å². The summed E-state index contributed by atoms with van der Waals surface area (Å²) in [6.07, 6.45) is 0.957. The van der Waals surface area contributed by atoms with Gasteiger partial charge in [-0.2, -0.15) is 0 Å². The lowest BCUT2D eigenvalue weighted by molar-refractivity contribution is 0.144. The highest BCUT2D eigenvalue weighted by atomic mass is 35.5. The van der Waals surface area contributed by atoms with Crippen LogP contribution in [0.4, 0.5) is 4.39 Å². The molecule has 0 aliphatic carbocycles. The van der Waals surface area contributed by atoms with Crippen LogP contribution in [0.25, 0.3) is 0 Å². The standard InChI is InChI=1S/C21H27ClFNO3.ClH/c1-3-25-11-5-10-24-14-17-12-19(22)21(20(13-17)26-4-2)27-15-16-6-8-18(23)9-7-16;/h6-9,12-13,24H,3-5,10-11,14-15H2,1-2H3;1H. The third kappa shape index (κ3) is 8.23. The van der Waals surface area contributed by atoms with E-state index in [0.717, 1.165) is 37.3 Å². The third-order valence-electron chi connectivity index (χ3n) is 3.84. The van der Waals surface area contributed by atoms with Crippen molar-refractivity contribution in [3.05, 3.63) is 58.4 Å². The van der Waals surface area contributed by atoms with Gasteiger partial charge in [0.15, 0.2) is 11.5 Å². The molecule has 2 rings (SSSR count). The number of ether oxygens (including phenoxy) is 3. The summed E-state index contributed by atoms with van der Waals surface area (Å²) in [5.74, 6) is 0.839. The van der Waals surface area contributed by atoms with Crippen molar-refractivity contribution in [2.45, 2.75) is 33.4 Å². The first-order chi connectivity index (χ1) is 13.1. The molecule has 4 nitrogen and oxygen atoms in total. The van der Waals surface area contributed by atoms with Crippen LogP contribution >= 0.6 is 24.0 Å². The van der Waals surface area contributed by atoms with Gasteiger partial charge >= 0.3 is 0 Å². The minimum Gasteiger partial charge on any atom is -0.490 e. The topological polar surface area (TPSA) is 39.7 Å². The fourth-order valence-electron chi connectivity index (χ4n) is 2.54. The lowest BCUT2D eigenvalue weighted by atomic mass is 10.2. The molecule has 0 saturated heterocycles. The Kier molecular flexibility index (Phi) is 11.9. The molecule has 0 unspecified atom stereocenters. The molecule has 0 spiro atoms. The van der Waals surface area contributed by atoms with Gasteiger partial charge in [-0.05, 0) is 62.2 Å². The van der Waals surface area contributed by atoms with Crippen molar-refractivity contribution >= 4 is 24.0 Å². The Labute approximate surface area is 177 Å². The van der Waals surface area contributed by atoms with E-state index in [9.17, 15) is 4.39 Å². The molecule has 28 heavy (non-hydrogen) atoms. The van der Waals surface area contributed by atoms with Gasteiger partial charge in [0.2, 0.25) is 0 Å². The number of benzene rings is 2. The van der Waals surface area contributed by atoms with E-state index in [2.05, 4.69) is 5.32 Å². The summed E-state index contributed by atoms with van der Waals surface area (Å²) < 4.78 is 29.9. The Morgan fingerprint density at radius 1 is 1.00 bits per heavy atom. The molecular weight excluding hydrogens is 404 g/mol. The van der Waals surface area contributed by atoms with Crippen LogP contribution in [0.2, 0.25) is 5.02 Å². The van der Waals surface area contributed by atoms with Gasteiger partial charge in [0.05, 0.1) is 11.6 Å². The van der Waals surface area contributed by atoms with Crippen molar-refractivity contribution in [1.82, 2.24) is 5.32 Å². The molecule has 0 aromatic heterocycles. The summed E-state index contributed by atoms with van der Waals surface area (Å²) in [6, 6.07) is 9.99. The quantitative estimate of drug-likeness (QED) is 0.457. The van der Waals surface area contributed by atoms with Gasteiger partial charge in [-0.25, -0.2) is 4.39 Å². The summed E-state index contributed by atoms with van der Waals surface area (Å²) >= 11 is 6.43. The molecule has 0 bridgehead atoms. The van der Waals surface area contributed by atoms with Crippen LogP contribution in [0.1, 0.15) is 31.4 Å². The number of rotatable bonds is 12. The SMILES string of the molecule is CCOCCCNCc1cc(Cl)c(OCc2ccc(F)cc2)c(OCC)c1.Cl. The Bertz CT molecular complexity index is 699. The Morgan fingerprint density at radius 2 is 1.75 bits per heavy atom. The summed E-state index contributed by atoms with van der Waals surface area (Å²) in [7, 11) is 0. The smallest absolute Gasteiger partial charge is 0.180 e. The zero-order valence-electron chi connectivity index (χ0n) is 16.3. The second-order valence-corrected chi connectivity index (χ2v) is 6.39. The largest absolute Gasteiger partial charge is 0.490 e. The van der Waals surface area contributed by atoms with Gasteiger partial charge < -0.3 is 19.5 Å². The van der Waals surface area contributed by atoms with Crippen molar-refractivity contribution in [3.8, 4) is 11.5 Å². The highest BCUT2D eigenvalue weighted by molar-refractivity contribution is 6.32. The van der Waals surface area contributed by atoms with E-state index in [1.54, 1.807) is 12.1 Å². The highest BCUT2D eigenvalue weighted by Crippen LogP contribution is 2.37. The first-order valence-corrected chi connectivity index (χ1v) is 9.62. The monoisotopic (exact) mass is 431 g/mol. The van der Waals surface area contributed by atoms with E-state index in [-0.39, 0.29) is 24.8 Å². The molecule has 2 aromatic carbocycles. The Balaban J connectivity index is 0.00000392. The predicted octanol–water partition coefficient (Wildman–Crippen LogP) is 5.39. The number of nitrogens with one attached hydrogen (secondary N) is 1. The second kappa shape index (κ2) is 13.6. The first kappa shape index (κ1) is 24.5. The lowest BCUT2D eigenvalue weighted by Crippen LogP contribution is -2.16. The molecule has 0 atom stereocenters. The summed E-state index contributed by atoms with van der Waals surface area (Å²) in [5.41, 5.74) is 1.88. The van der Waals surface area contributed by atoms with Gasteiger partial charge in [0, 0.05) is 19.8 Å². The molecule has 0 amide bonds. The van der Waals surface area contributed by atoms with Crippen molar-refractivity contribution in [2.75, 3.05) is 26.4 Å². The summed E-state index contributed by atoms with van der Waals surface area (Å²) in [4.78, 5) is 0. The number of halogens is 3.